The summed E-state index contributed by atoms with van der Waals surface area (Å²) in [7, 11) is -1.22. The van der Waals surface area contributed by atoms with Crippen LogP contribution in [-0.4, -0.2) is 31.8 Å². The second-order valence-electron chi connectivity index (χ2n) is 5.46. The Balaban J connectivity index is 2.48. The van der Waals surface area contributed by atoms with Crippen molar-refractivity contribution in [3.05, 3.63) is 29.8 Å². The molecule has 0 unspecified atom stereocenters. The van der Waals surface area contributed by atoms with Crippen molar-refractivity contribution in [2.24, 2.45) is 0 Å². The second kappa shape index (κ2) is 6.37. The Labute approximate surface area is 113 Å². The first-order valence-electron chi connectivity index (χ1n) is 6.05. The lowest BCUT2D eigenvalue weighted by Crippen LogP contribution is -2.24. The minimum atomic E-state index is -1.22. The first kappa shape index (κ1) is 15.2. The molecule has 0 aromatic heterocycles. The Morgan fingerprint density at radius 1 is 1.32 bits per heavy atom. The fourth-order valence-electron chi connectivity index (χ4n) is 1.33. The van der Waals surface area contributed by atoms with Crippen LogP contribution < -0.4 is 5.32 Å². The quantitative estimate of drug-likeness (QED) is 0.812. The zero-order valence-electron chi connectivity index (χ0n) is 11.4. The maximum absolute atomic E-state index is 11.5. The van der Waals surface area contributed by atoms with E-state index in [-0.39, 0.29) is 5.56 Å². The van der Waals surface area contributed by atoms with Crippen molar-refractivity contribution in [2.75, 3.05) is 11.9 Å². The highest BCUT2D eigenvalue weighted by Crippen LogP contribution is 2.12. The highest BCUT2D eigenvalue weighted by Gasteiger charge is 2.14. The molecule has 6 heteroatoms. The Morgan fingerprint density at radius 2 is 2.00 bits per heavy atom. The van der Waals surface area contributed by atoms with E-state index >= 15 is 0 Å². The molecule has 0 bridgehead atoms. The van der Waals surface area contributed by atoms with Crippen molar-refractivity contribution in [1.82, 2.24) is 0 Å². The number of hydrogen-bond donors (Lipinski definition) is 2. The van der Waals surface area contributed by atoms with E-state index in [9.17, 15) is 9.59 Å². The van der Waals surface area contributed by atoms with Gasteiger partial charge in [-0.15, -0.1) is 0 Å². The van der Waals surface area contributed by atoms with Crippen LogP contribution in [0.2, 0.25) is 25.7 Å². The van der Waals surface area contributed by atoms with Crippen LogP contribution in [0.25, 0.3) is 0 Å². The predicted molar refractivity (Wildman–Crippen MR) is 76.5 cm³/mol. The smallest absolute Gasteiger partial charge is 0.411 e. The monoisotopic (exact) mass is 281 g/mol. The second-order valence-corrected chi connectivity index (χ2v) is 11.1. The van der Waals surface area contributed by atoms with Crippen molar-refractivity contribution in [3.63, 3.8) is 0 Å². The van der Waals surface area contributed by atoms with Crippen LogP contribution in [-0.2, 0) is 4.74 Å². The lowest BCUT2D eigenvalue weighted by atomic mass is 10.2. The zero-order valence-corrected chi connectivity index (χ0v) is 12.4. The molecule has 0 saturated heterocycles. The number of ether oxygens (including phenoxy) is 1. The fourth-order valence-corrected chi connectivity index (χ4v) is 2.05. The van der Waals surface area contributed by atoms with Gasteiger partial charge in [-0.25, -0.2) is 9.59 Å². The predicted octanol–water partition coefficient (Wildman–Crippen LogP) is 3.27. The number of amides is 1. The van der Waals surface area contributed by atoms with Crippen molar-refractivity contribution >= 4 is 25.8 Å². The third kappa shape index (κ3) is 6.05. The normalized spacial score (nSPS) is 10.9. The van der Waals surface area contributed by atoms with E-state index in [0.29, 0.717) is 12.3 Å². The van der Waals surface area contributed by atoms with E-state index in [1.165, 1.54) is 12.1 Å². The van der Waals surface area contributed by atoms with E-state index in [1.54, 1.807) is 12.1 Å². The van der Waals surface area contributed by atoms with Gasteiger partial charge in [0.2, 0.25) is 0 Å². The number of carboxylic acids is 1. The molecule has 0 radical (unpaired) electrons. The standard InChI is InChI=1S/C13H19NO4Si/c1-19(2,3)8-7-18-13(17)14-11-6-4-5-10(9-11)12(15)16/h4-6,9H,7-8H2,1-3H3,(H,14,17)(H,15,16). The molecule has 19 heavy (non-hydrogen) atoms. The summed E-state index contributed by atoms with van der Waals surface area (Å²) in [6, 6.07) is 6.94. The van der Waals surface area contributed by atoms with Gasteiger partial charge in [-0.1, -0.05) is 25.7 Å². The number of carbonyl (C=O) groups is 2. The van der Waals surface area contributed by atoms with Gasteiger partial charge in [0.05, 0.1) is 12.2 Å². The fraction of sp³-hybridized carbons (Fsp3) is 0.385. The number of carboxylic acid groups (broad SMARTS) is 1. The van der Waals surface area contributed by atoms with E-state index in [2.05, 4.69) is 25.0 Å². The van der Waals surface area contributed by atoms with E-state index in [1.807, 2.05) is 0 Å². The molecular weight excluding hydrogens is 262 g/mol. The summed E-state index contributed by atoms with van der Waals surface area (Å²) in [5.74, 6) is -1.03. The Morgan fingerprint density at radius 3 is 2.58 bits per heavy atom. The van der Waals surface area contributed by atoms with Crippen LogP contribution in [0.15, 0.2) is 24.3 Å². The van der Waals surface area contributed by atoms with Crippen LogP contribution in [0.3, 0.4) is 0 Å². The Hall–Kier alpha value is -1.82. The summed E-state index contributed by atoms with van der Waals surface area (Å²) in [5.41, 5.74) is 0.540. The van der Waals surface area contributed by atoms with Crippen LogP contribution in [0, 0.1) is 0 Å². The molecule has 1 aromatic carbocycles. The molecule has 0 aliphatic rings. The molecular formula is C13H19NO4Si. The summed E-state index contributed by atoms with van der Waals surface area (Å²) < 4.78 is 5.06. The molecule has 0 aliphatic heterocycles. The molecule has 0 atom stereocenters. The minimum absolute atomic E-state index is 0.125. The summed E-state index contributed by atoms with van der Waals surface area (Å²) in [5, 5.41) is 11.3. The highest BCUT2D eigenvalue weighted by molar-refractivity contribution is 6.76. The first-order chi connectivity index (χ1) is 8.78. The van der Waals surface area contributed by atoms with Gasteiger partial charge in [0.15, 0.2) is 0 Å². The number of hydrogen-bond acceptors (Lipinski definition) is 3. The Kier molecular flexibility index (Phi) is 5.11. The summed E-state index contributed by atoms with van der Waals surface area (Å²) >= 11 is 0. The third-order valence-corrected chi connectivity index (χ3v) is 4.15. The van der Waals surface area contributed by atoms with Gasteiger partial charge in [-0.05, 0) is 24.2 Å². The van der Waals surface area contributed by atoms with Gasteiger partial charge in [0.25, 0.3) is 0 Å². The van der Waals surface area contributed by atoms with Crippen LogP contribution in [0.4, 0.5) is 10.5 Å². The summed E-state index contributed by atoms with van der Waals surface area (Å²) in [4.78, 5) is 22.3. The largest absolute Gasteiger partial charge is 0.478 e. The summed E-state index contributed by atoms with van der Waals surface area (Å²) in [6.45, 7) is 6.99. The number of benzene rings is 1. The van der Waals surface area contributed by atoms with E-state index < -0.39 is 20.1 Å². The van der Waals surface area contributed by atoms with Gasteiger partial charge in [0, 0.05) is 13.8 Å². The highest BCUT2D eigenvalue weighted by atomic mass is 28.3. The molecule has 1 amide bonds. The van der Waals surface area contributed by atoms with Crippen molar-refractivity contribution in [3.8, 4) is 0 Å². The van der Waals surface area contributed by atoms with Gasteiger partial charge < -0.3 is 9.84 Å². The SMILES string of the molecule is C[Si](C)(C)CCOC(=O)Nc1cccc(C(=O)O)c1. The van der Waals surface area contributed by atoms with Crippen LogP contribution >= 0.6 is 0 Å². The number of anilines is 1. The third-order valence-electron chi connectivity index (χ3n) is 2.44. The lowest BCUT2D eigenvalue weighted by Gasteiger charge is -2.15. The topological polar surface area (TPSA) is 75.6 Å². The van der Waals surface area contributed by atoms with Crippen molar-refractivity contribution < 1.29 is 19.4 Å². The average molecular weight is 281 g/mol. The van der Waals surface area contributed by atoms with Crippen LogP contribution in [0.1, 0.15) is 10.4 Å². The number of carbonyl (C=O) groups excluding carboxylic acids is 1. The molecule has 2 N–H and O–H groups in total. The number of nitrogens with one attached hydrogen (secondary N) is 1. The van der Waals surface area contributed by atoms with E-state index in [0.717, 1.165) is 6.04 Å². The minimum Gasteiger partial charge on any atom is -0.478 e. The van der Waals surface area contributed by atoms with Gasteiger partial charge in [-0.2, -0.15) is 0 Å². The molecule has 1 rings (SSSR count). The number of rotatable bonds is 5. The molecule has 5 nitrogen and oxygen atoms in total. The van der Waals surface area contributed by atoms with Crippen molar-refractivity contribution in [2.45, 2.75) is 25.7 Å². The molecule has 0 spiro atoms. The zero-order chi connectivity index (χ0) is 14.5. The molecule has 0 saturated carbocycles. The molecule has 0 fully saturated rings. The van der Waals surface area contributed by atoms with Gasteiger partial charge in [0.1, 0.15) is 0 Å². The van der Waals surface area contributed by atoms with Gasteiger partial charge in [-0.3, -0.25) is 5.32 Å². The lowest BCUT2D eigenvalue weighted by molar-refractivity contribution is 0.0696. The maximum atomic E-state index is 11.5. The van der Waals surface area contributed by atoms with Crippen molar-refractivity contribution in [1.29, 1.82) is 0 Å². The van der Waals surface area contributed by atoms with Gasteiger partial charge >= 0.3 is 12.1 Å². The first-order valence-corrected chi connectivity index (χ1v) is 9.76. The maximum Gasteiger partial charge on any atom is 0.411 e. The summed E-state index contributed by atoms with van der Waals surface area (Å²) in [6.07, 6.45) is -0.555. The molecule has 0 heterocycles. The molecule has 1 aromatic rings. The molecule has 0 aliphatic carbocycles. The Bertz CT molecular complexity index is 468. The average Bonchev–Trinajstić information content (AvgIpc) is 2.27. The molecule has 104 valence electrons. The van der Waals surface area contributed by atoms with E-state index in [4.69, 9.17) is 9.84 Å². The number of aromatic carboxylic acids is 1. The van der Waals surface area contributed by atoms with Crippen LogP contribution in [0.5, 0.6) is 0 Å².